The molecule has 2 aromatic heterocycles. The van der Waals surface area contributed by atoms with Crippen LogP contribution in [0.15, 0.2) is 217 Å². The van der Waals surface area contributed by atoms with E-state index in [0.29, 0.717) is 0 Å². The average molecular weight is 770 g/mol. The zero-order valence-corrected chi connectivity index (χ0v) is 32.8. The molecule has 2 heterocycles. The van der Waals surface area contributed by atoms with Gasteiger partial charge in [-0.15, -0.1) is 11.3 Å². The number of hydrogen-bond acceptors (Lipinski definition) is 3. The summed E-state index contributed by atoms with van der Waals surface area (Å²) in [6.45, 7) is 0. The number of para-hydroxylation sites is 1. The lowest BCUT2D eigenvalue weighted by Crippen LogP contribution is -2.10. The van der Waals surface area contributed by atoms with Crippen LogP contribution in [0.5, 0.6) is 0 Å². The Hall–Kier alpha value is -7.46. The van der Waals surface area contributed by atoms with Gasteiger partial charge >= 0.3 is 0 Å². The monoisotopic (exact) mass is 769 g/mol. The molecule has 0 aliphatic heterocycles. The highest BCUT2D eigenvalue weighted by molar-refractivity contribution is 7.26. The van der Waals surface area contributed by atoms with Gasteiger partial charge in [0.1, 0.15) is 11.2 Å². The predicted molar refractivity (Wildman–Crippen MR) is 253 cm³/mol. The standard InChI is InChI=1S/C56H35NOS/c1-2-13-36(14-3-1)39-31-40(45-21-12-22-51-50-20-9-11-24-55(50)59-56(45)51)33-43(32-39)57(42-29-30-49-48-19-8-10-23-53(48)58-54(49)35-42)41-27-25-37(26-28-41)52-34-38-15-4-5-16-44(38)46-17-6-7-18-47(46)52/h1-35H. The number of hydrogen-bond donors (Lipinski definition) is 0. The summed E-state index contributed by atoms with van der Waals surface area (Å²) in [7, 11) is 0. The van der Waals surface area contributed by atoms with E-state index in [1.54, 1.807) is 0 Å². The van der Waals surface area contributed by atoms with Crippen LogP contribution in [-0.4, -0.2) is 0 Å². The molecule has 0 fully saturated rings. The van der Waals surface area contributed by atoms with Gasteiger partial charge < -0.3 is 9.32 Å². The lowest BCUT2D eigenvalue weighted by Gasteiger charge is -2.27. The topological polar surface area (TPSA) is 16.4 Å². The third kappa shape index (κ3) is 5.62. The van der Waals surface area contributed by atoms with Gasteiger partial charge in [0.05, 0.1) is 0 Å². The molecule has 0 aliphatic carbocycles. The maximum Gasteiger partial charge on any atom is 0.137 e. The molecule has 0 saturated heterocycles. The van der Waals surface area contributed by atoms with Crippen molar-refractivity contribution in [1.29, 1.82) is 0 Å². The van der Waals surface area contributed by atoms with Crippen molar-refractivity contribution < 1.29 is 4.42 Å². The van der Waals surface area contributed by atoms with E-state index in [1.165, 1.54) is 69.5 Å². The molecule has 0 aliphatic rings. The maximum atomic E-state index is 6.51. The third-order valence-corrected chi connectivity index (χ3v) is 13.0. The summed E-state index contributed by atoms with van der Waals surface area (Å²) in [5.74, 6) is 0. The molecule has 12 rings (SSSR count). The normalized spacial score (nSPS) is 11.7. The first kappa shape index (κ1) is 33.7. The molecule has 0 spiro atoms. The minimum Gasteiger partial charge on any atom is -0.456 e. The van der Waals surface area contributed by atoms with Crippen molar-refractivity contribution in [2.24, 2.45) is 0 Å². The Morgan fingerprint density at radius 3 is 1.85 bits per heavy atom. The van der Waals surface area contributed by atoms with E-state index in [1.807, 2.05) is 23.5 Å². The largest absolute Gasteiger partial charge is 0.456 e. The Morgan fingerprint density at radius 1 is 0.322 bits per heavy atom. The van der Waals surface area contributed by atoms with Gasteiger partial charge in [-0.05, 0) is 116 Å². The number of fused-ring (bicyclic) bond motifs is 9. The Labute approximate surface area is 345 Å². The predicted octanol–water partition coefficient (Wildman–Crippen LogP) is 16.7. The fourth-order valence-corrected chi connectivity index (χ4v) is 10.3. The maximum absolute atomic E-state index is 6.51. The Morgan fingerprint density at radius 2 is 0.983 bits per heavy atom. The van der Waals surface area contributed by atoms with Crippen LogP contribution in [-0.2, 0) is 0 Å². The van der Waals surface area contributed by atoms with E-state index < -0.39 is 0 Å². The molecule has 0 N–H and O–H groups in total. The Kier molecular flexibility index (Phi) is 7.75. The van der Waals surface area contributed by atoms with E-state index >= 15 is 0 Å². The number of thiophene rings is 1. The summed E-state index contributed by atoms with van der Waals surface area (Å²) < 4.78 is 9.10. The zero-order valence-electron chi connectivity index (χ0n) is 32.0. The fraction of sp³-hybridized carbons (Fsp3) is 0. The van der Waals surface area contributed by atoms with Crippen LogP contribution in [0.2, 0.25) is 0 Å². The summed E-state index contributed by atoms with van der Waals surface area (Å²) >= 11 is 1.87. The first-order chi connectivity index (χ1) is 29.2. The van der Waals surface area contributed by atoms with Crippen LogP contribution in [0.25, 0.3) is 97.0 Å². The Balaban J connectivity index is 1.08. The van der Waals surface area contributed by atoms with E-state index in [-0.39, 0.29) is 0 Å². The van der Waals surface area contributed by atoms with Gasteiger partial charge in [0.15, 0.2) is 0 Å². The van der Waals surface area contributed by atoms with Crippen molar-refractivity contribution in [1.82, 2.24) is 0 Å². The van der Waals surface area contributed by atoms with Crippen LogP contribution in [0.3, 0.4) is 0 Å². The van der Waals surface area contributed by atoms with Crippen LogP contribution in [0, 0.1) is 0 Å². The second kappa shape index (κ2) is 13.6. The number of benzene rings is 10. The molecule has 0 saturated carbocycles. The molecule has 2 nitrogen and oxygen atoms in total. The second-order valence-electron chi connectivity index (χ2n) is 15.3. The third-order valence-electron chi connectivity index (χ3n) is 11.8. The fourth-order valence-electron chi connectivity index (χ4n) is 9.05. The quantitative estimate of drug-likeness (QED) is 0.157. The summed E-state index contributed by atoms with van der Waals surface area (Å²) in [5, 5.41) is 9.86. The smallest absolute Gasteiger partial charge is 0.137 e. The first-order valence-corrected chi connectivity index (χ1v) is 20.9. The summed E-state index contributed by atoms with van der Waals surface area (Å²) in [4.78, 5) is 2.38. The summed E-state index contributed by atoms with van der Waals surface area (Å²) in [5.41, 5.74) is 12.0. The number of rotatable bonds is 6. The molecule has 0 unspecified atom stereocenters. The highest BCUT2D eigenvalue weighted by Crippen LogP contribution is 2.45. The molecule has 3 heteroatoms. The summed E-state index contributed by atoms with van der Waals surface area (Å²) in [6, 6.07) is 77.1. The van der Waals surface area contributed by atoms with Crippen molar-refractivity contribution in [3.63, 3.8) is 0 Å². The molecular weight excluding hydrogens is 735 g/mol. The van der Waals surface area contributed by atoms with Gasteiger partial charge in [0.2, 0.25) is 0 Å². The SMILES string of the molecule is c1ccc(-c2cc(-c3cccc4c3sc3ccccc34)cc(N(c3ccc(-c4cc5ccccc5c5ccccc45)cc3)c3ccc4c(c3)oc3ccccc34)c2)cc1. The minimum atomic E-state index is 0.863. The molecule has 10 aromatic carbocycles. The Bertz CT molecular complexity index is 3560. The van der Waals surface area contributed by atoms with Gasteiger partial charge in [-0.2, -0.15) is 0 Å². The first-order valence-electron chi connectivity index (χ1n) is 20.1. The molecule has 0 bridgehead atoms. The van der Waals surface area contributed by atoms with Gasteiger partial charge in [0, 0.05) is 54.1 Å². The number of anilines is 3. The lowest BCUT2D eigenvalue weighted by atomic mass is 9.93. The van der Waals surface area contributed by atoms with Gasteiger partial charge in [-0.25, -0.2) is 0 Å². The number of nitrogens with zero attached hydrogens (tertiary/aromatic N) is 1. The van der Waals surface area contributed by atoms with Gasteiger partial charge in [-0.1, -0.05) is 146 Å². The van der Waals surface area contributed by atoms with Crippen LogP contribution < -0.4 is 4.90 Å². The molecular formula is C56H35NOS. The minimum absolute atomic E-state index is 0.863. The van der Waals surface area contributed by atoms with E-state index in [0.717, 1.165) is 44.6 Å². The van der Waals surface area contributed by atoms with Gasteiger partial charge in [-0.3, -0.25) is 0 Å². The highest BCUT2D eigenvalue weighted by atomic mass is 32.1. The van der Waals surface area contributed by atoms with Crippen molar-refractivity contribution in [3.8, 4) is 33.4 Å². The van der Waals surface area contributed by atoms with E-state index in [2.05, 4.69) is 205 Å². The summed E-state index contributed by atoms with van der Waals surface area (Å²) in [6.07, 6.45) is 0. The van der Waals surface area contributed by atoms with E-state index in [9.17, 15) is 0 Å². The lowest BCUT2D eigenvalue weighted by molar-refractivity contribution is 0.669. The molecule has 276 valence electrons. The second-order valence-corrected chi connectivity index (χ2v) is 16.3. The van der Waals surface area contributed by atoms with Crippen LogP contribution in [0.4, 0.5) is 17.1 Å². The molecule has 0 atom stereocenters. The molecule has 59 heavy (non-hydrogen) atoms. The van der Waals surface area contributed by atoms with Crippen molar-refractivity contribution in [2.75, 3.05) is 4.90 Å². The van der Waals surface area contributed by atoms with Gasteiger partial charge in [0.25, 0.3) is 0 Å². The molecule has 12 aromatic rings. The zero-order chi connectivity index (χ0) is 38.9. The average Bonchev–Trinajstić information content (AvgIpc) is 3.88. The van der Waals surface area contributed by atoms with Crippen molar-refractivity contribution >= 4 is 92.1 Å². The van der Waals surface area contributed by atoms with Crippen molar-refractivity contribution in [3.05, 3.63) is 212 Å². The highest BCUT2D eigenvalue weighted by Gasteiger charge is 2.20. The van der Waals surface area contributed by atoms with E-state index in [4.69, 9.17) is 4.42 Å². The van der Waals surface area contributed by atoms with Crippen LogP contribution in [0.1, 0.15) is 0 Å². The van der Waals surface area contributed by atoms with Crippen LogP contribution >= 0.6 is 11.3 Å². The molecule has 0 radical (unpaired) electrons. The number of furan rings is 1. The van der Waals surface area contributed by atoms with Crippen molar-refractivity contribution in [2.45, 2.75) is 0 Å². The molecule has 0 amide bonds.